The Labute approximate surface area is 143 Å². The predicted octanol–water partition coefficient (Wildman–Crippen LogP) is -1.06. The van der Waals surface area contributed by atoms with Gasteiger partial charge in [0.2, 0.25) is 5.16 Å². The molecule has 0 saturated heterocycles. The Morgan fingerprint density at radius 1 is 1.42 bits per heavy atom. The van der Waals surface area contributed by atoms with Gasteiger partial charge >= 0.3 is 0 Å². The monoisotopic (exact) mass is 353 g/mol. The zero-order valence-electron chi connectivity index (χ0n) is 13.6. The molecular formula is C14H21N6O3S+. The Bertz CT molecular complexity index is 678. The first-order chi connectivity index (χ1) is 11.6. The summed E-state index contributed by atoms with van der Waals surface area (Å²) in [6.45, 7) is 1.57. The second kappa shape index (κ2) is 9.08. The van der Waals surface area contributed by atoms with Crippen LogP contribution in [0.4, 0.5) is 0 Å². The van der Waals surface area contributed by atoms with E-state index < -0.39 is 5.91 Å². The van der Waals surface area contributed by atoms with Gasteiger partial charge in [-0.15, -0.1) is 5.10 Å². The minimum Gasteiger partial charge on any atom is -0.493 e. The average molecular weight is 353 g/mol. The zero-order valence-corrected chi connectivity index (χ0v) is 14.5. The topological polar surface area (TPSA) is 122 Å². The fourth-order valence-corrected chi connectivity index (χ4v) is 2.74. The maximum absolute atomic E-state index is 10.8. The van der Waals surface area contributed by atoms with Crippen LogP contribution in [-0.2, 0) is 18.4 Å². The van der Waals surface area contributed by atoms with E-state index in [1.807, 2.05) is 19.2 Å². The minimum absolute atomic E-state index is 0.171. The lowest BCUT2D eigenvalue weighted by atomic mass is 10.2. The molecule has 4 N–H and O–H groups in total. The maximum atomic E-state index is 10.8. The van der Waals surface area contributed by atoms with E-state index in [2.05, 4.69) is 20.8 Å². The zero-order chi connectivity index (χ0) is 17.4. The lowest BCUT2D eigenvalue weighted by Gasteiger charge is -2.10. The molecule has 1 aromatic carbocycles. The molecule has 0 aliphatic carbocycles. The van der Waals surface area contributed by atoms with Crippen LogP contribution in [0.15, 0.2) is 23.4 Å². The van der Waals surface area contributed by atoms with Gasteiger partial charge in [-0.3, -0.25) is 4.79 Å². The van der Waals surface area contributed by atoms with Gasteiger partial charge in [0.15, 0.2) is 18.1 Å². The molecule has 1 aromatic heterocycles. The van der Waals surface area contributed by atoms with Crippen molar-refractivity contribution in [2.75, 3.05) is 26.0 Å². The summed E-state index contributed by atoms with van der Waals surface area (Å²) in [4.78, 5) is 10.8. The summed E-state index contributed by atoms with van der Waals surface area (Å²) in [6.07, 6.45) is 0. The molecule has 0 aliphatic heterocycles. The fraction of sp³-hybridized carbons (Fsp3) is 0.429. The number of methoxy groups -OCH3 is 1. The van der Waals surface area contributed by atoms with Crippen LogP contribution in [0, 0.1) is 0 Å². The Kier molecular flexibility index (Phi) is 6.82. The molecule has 0 fully saturated rings. The first kappa shape index (κ1) is 18.0. The largest absolute Gasteiger partial charge is 0.493 e. The molecule has 0 bridgehead atoms. The van der Waals surface area contributed by atoms with Crippen molar-refractivity contribution in [1.29, 1.82) is 0 Å². The highest BCUT2D eigenvalue weighted by atomic mass is 32.2. The average Bonchev–Trinajstić information content (AvgIpc) is 2.98. The number of primary amides is 1. The van der Waals surface area contributed by atoms with E-state index in [0.717, 1.165) is 29.6 Å². The third-order valence-electron chi connectivity index (χ3n) is 3.11. The number of rotatable bonds is 10. The molecule has 2 rings (SSSR count). The number of benzene rings is 1. The van der Waals surface area contributed by atoms with Gasteiger partial charge in [0.25, 0.3) is 5.91 Å². The Morgan fingerprint density at radius 2 is 2.25 bits per heavy atom. The van der Waals surface area contributed by atoms with Crippen molar-refractivity contribution in [2.45, 2.75) is 11.7 Å². The first-order valence-electron chi connectivity index (χ1n) is 7.35. The molecule has 0 unspecified atom stereocenters. The van der Waals surface area contributed by atoms with Crippen LogP contribution in [0.3, 0.4) is 0 Å². The summed E-state index contributed by atoms with van der Waals surface area (Å²) in [6, 6.07) is 5.62. The van der Waals surface area contributed by atoms with Crippen molar-refractivity contribution in [1.82, 2.24) is 20.2 Å². The molecule has 0 atom stereocenters. The summed E-state index contributed by atoms with van der Waals surface area (Å²) < 4.78 is 12.2. The number of aromatic nitrogens is 4. The van der Waals surface area contributed by atoms with E-state index in [9.17, 15) is 4.79 Å². The molecule has 0 aliphatic rings. The Hall–Kier alpha value is -2.33. The standard InChI is InChI=1S/C14H20N6O3S/c1-20-14(17-18-19-20)24-6-5-16-8-10-3-4-11(12(7-10)22-2)23-9-13(15)21/h3-4,7,16H,5-6,8-9H2,1-2H3,(H2,15,21)/p+1. The summed E-state index contributed by atoms with van der Waals surface area (Å²) in [5.41, 5.74) is 6.18. The van der Waals surface area contributed by atoms with Crippen molar-refractivity contribution in [2.24, 2.45) is 12.8 Å². The van der Waals surface area contributed by atoms with E-state index in [1.165, 1.54) is 0 Å². The molecule has 24 heavy (non-hydrogen) atoms. The molecule has 130 valence electrons. The van der Waals surface area contributed by atoms with Crippen LogP contribution in [0.25, 0.3) is 0 Å². The lowest BCUT2D eigenvalue weighted by molar-refractivity contribution is -0.666. The van der Waals surface area contributed by atoms with Gasteiger partial charge in [-0.1, -0.05) is 11.8 Å². The van der Waals surface area contributed by atoms with Gasteiger partial charge in [0.1, 0.15) is 6.54 Å². The van der Waals surface area contributed by atoms with E-state index in [0.29, 0.717) is 11.5 Å². The van der Waals surface area contributed by atoms with Crippen molar-refractivity contribution in [3.8, 4) is 11.5 Å². The number of quaternary nitrogens is 1. The highest BCUT2D eigenvalue weighted by molar-refractivity contribution is 7.99. The van der Waals surface area contributed by atoms with E-state index in [1.54, 1.807) is 29.6 Å². The van der Waals surface area contributed by atoms with E-state index >= 15 is 0 Å². The summed E-state index contributed by atoms with van der Waals surface area (Å²) in [7, 11) is 3.38. The lowest BCUT2D eigenvalue weighted by Crippen LogP contribution is -2.83. The van der Waals surface area contributed by atoms with Crippen molar-refractivity contribution in [3.05, 3.63) is 23.8 Å². The van der Waals surface area contributed by atoms with Gasteiger partial charge in [0.05, 0.1) is 19.4 Å². The van der Waals surface area contributed by atoms with Gasteiger partial charge < -0.3 is 20.5 Å². The van der Waals surface area contributed by atoms with E-state index in [4.69, 9.17) is 15.2 Å². The van der Waals surface area contributed by atoms with Crippen LogP contribution >= 0.6 is 11.8 Å². The number of nitrogens with zero attached hydrogens (tertiary/aromatic N) is 4. The molecule has 9 nitrogen and oxygen atoms in total. The second-order valence-corrected chi connectivity index (χ2v) is 6.02. The first-order valence-corrected chi connectivity index (χ1v) is 8.33. The number of ether oxygens (including phenoxy) is 2. The highest BCUT2D eigenvalue weighted by Crippen LogP contribution is 2.27. The molecule has 0 saturated carbocycles. The molecule has 2 aromatic rings. The van der Waals surface area contributed by atoms with E-state index in [-0.39, 0.29) is 6.61 Å². The second-order valence-electron chi connectivity index (χ2n) is 4.96. The molecular weight excluding hydrogens is 332 g/mol. The SMILES string of the molecule is COc1cc(C[NH2+]CCSc2nnnn2C)ccc1OCC(N)=O. The molecule has 10 heteroatoms. The summed E-state index contributed by atoms with van der Waals surface area (Å²) >= 11 is 1.62. The van der Waals surface area contributed by atoms with Crippen LogP contribution in [0.1, 0.15) is 5.56 Å². The number of hydrogen-bond donors (Lipinski definition) is 2. The number of thioether (sulfide) groups is 1. The third kappa shape index (κ3) is 5.39. The van der Waals surface area contributed by atoms with Gasteiger partial charge in [-0.05, 0) is 28.6 Å². The smallest absolute Gasteiger partial charge is 0.255 e. The van der Waals surface area contributed by atoms with Crippen molar-refractivity contribution >= 4 is 17.7 Å². The van der Waals surface area contributed by atoms with Crippen molar-refractivity contribution < 1.29 is 19.6 Å². The highest BCUT2D eigenvalue weighted by Gasteiger charge is 2.08. The number of nitrogens with two attached hydrogens (primary N) is 2. The Balaban J connectivity index is 1.77. The number of tetrazole rings is 1. The summed E-state index contributed by atoms with van der Waals surface area (Å²) in [5.74, 6) is 1.47. The van der Waals surface area contributed by atoms with Gasteiger partial charge in [-0.2, -0.15) is 0 Å². The summed E-state index contributed by atoms with van der Waals surface area (Å²) in [5, 5.41) is 14.3. The number of amides is 1. The van der Waals surface area contributed by atoms with Crippen LogP contribution in [0.5, 0.6) is 11.5 Å². The van der Waals surface area contributed by atoms with Crippen LogP contribution in [0.2, 0.25) is 0 Å². The van der Waals surface area contributed by atoms with Crippen molar-refractivity contribution in [3.63, 3.8) is 0 Å². The van der Waals surface area contributed by atoms with Gasteiger partial charge in [-0.25, -0.2) is 4.68 Å². The third-order valence-corrected chi connectivity index (χ3v) is 4.16. The molecule has 0 radical (unpaired) electrons. The molecule has 0 spiro atoms. The fourth-order valence-electron chi connectivity index (χ4n) is 1.95. The number of aryl methyl sites for hydroxylation is 1. The van der Waals surface area contributed by atoms with Crippen LogP contribution in [-0.4, -0.2) is 52.1 Å². The van der Waals surface area contributed by atoms with Gasteiger partial charge in [0, 0.05) is 12.6 Å². The normalized spacial score (nSPS) is 10.6. The van der Waals surface area contributed by atoms with Crippen LogP contribution < -0.4 is 20.5 Å². The molecule has 1 heterocycles. The number of hydrogen-bond acceptors (Lipinski definition) is 7. The molecule has 1 amide bonds. The number of carbonyl (C=O) groups is 1. The quantitative estimate of drug-likeness (QED) is 0.412. The number of carbonyl (C=O) groups excluding carboxylic acids is 1. The minimum atomic E-state index is -0.523. The predicted molar refractivity (Wildman–Crippen MR) is 87.7 cm³/mol. The Morgan fingerprint density at radius 3 is 2.92 bits per heavy atom. The maximum Gasteiger partial charge on any atom is 0.255 e.